The summed E-state index contributed by atoms with van der Waals surface area (Å²) in [5.74, 6) is -0.273. The van der Waals surface area contributed by atoms with E-state index in [2.05, 4.69) is 5.32 Å². The monoisotopic (exact) mass is 285 g/mol. The van der Waals surface area contributed by atoms with Crippen LogP contribution < -0.4 is 10.1 Å². The second-order valence-corrected chi connectivity index (χ2v) is 4.92. The Hall–Kier alpha value is -1.17. The normalized spacial score (nSPS) is 12.7. The minimum absolute atomic E-state index is 0.0144. The largest absolute Gasteiger partial charge is 0.488 e. The van der Waals surface area contributed by atoms with Crippen LogP contribution in [0.2, 0.25) is 0 Å². The minimum Gasteiger partial charge on any atom is -0.488 e. The summed E-state index contributed by atoms with van der Waals surface area (Å²) < 4.78 is 24.1. The van der Waals surface area contributed by atoms with Crippen LogP contribution in [0.3, 0.4) is 0 Å². The van der Waals surface area contributed by atoms with E-state index < -0.39 is 11.9 Å². The molecule has 114 valence electrons. The zero-order valence-electron chi connectivity index (χ0n) is 12.4. The van der Waals surface area contributed by atoms with Gasteiger partial charge in [0.1, 0.15) is 12.7 Å². The number of ether oxygens (including phenoxy) is 2. The highest BCUT2D eigenvalue weighted by molar-refractivity contribution is 5.29. The Morgan fingerprint density at radius 1 is 1.30 bits per heavy atom. The first-order valence-corrected chi connectivity index (χ1v) is 6.93. The third-order valence-electron chi connectivity index (χ3n) is 2.66. The molecular weight excluding hydrogens is 261 g/mol. The van der Waals surface area contributed by atoms with Crippen molar-refractivity contribution in [2.24, 2.45) is 0 Å². The fourth-order valence-electron chi connectivity index (χ4n) is 1.58. The first kappa shape index (κ1) is 16.9. The van der Waals surface area contributed by atoms with Crippen LogP contribution in [0.4, 0.5) is 4.39 Å². The lowest BCUT2D eigenvalue weighted by Gasteiger charge is -2.13. The van der Waals surface area contributed by atoms with Crippen LogP contribution in [0.25, 0.3) is 0 Å². The molecular formula is C15H24FNO3. The van der Waals surface area contributed by atoms with Gasteiger partial charge in [0.25, 0.3) is 0 Å². The summed E-state index contributed by atoms with van der Waals surface area (Å²) in [5, 5.41) is 12.8. The van der Waals surface area contributed by atoms with Gasteiger partial charge in [-0.1, -0.05) is 19.9 Å². The van der Waals surface area contributed by atoms with Crippen LogP contribution in [0, 0.1) is 5.82 Å². The van der Waals surface area contributed by atoms with E-state index in [9.17, 15) is 9.50 Å². The molecule has 0 aromatic heterocycles. The molecule has 0 aliphatic carbocycles. The van der Waals surface area contributed by atoms with Gasteiger partial charge >= 0.3 is 0 Å². The number of benzene rings is 1. The standard InChI is InChI=1S/C15H24FNO3/c1-4-19-9-13(18)10-20-15-6-5-12(7-14(15)16)8-17-11(2)3/h5-7,11,13,17-18H,4,8-10H2,1-3H3. The van der Waals surface area contributed by atoms with Crippen LogP contribution in [0.5, 0.6) is 5.75 Å². The first-order valence-electron chi connectivity index (χ1n) is 6.93. The maximum atomic E-state index is 13.8. The Kier molecular flexibility index (Phi) is 7.51. The summed E-state index contributed by atoms with van der Waals surface area (Å²) in [6, 6.07) is 5.19. The summed E-state index contributed by atoms with van der Waals surface area (Å²) in [4.78, 5) is 0. The third-order valence-corrected chi connectivity index (χ3v) is 2.66. The number of rotatable bonds is 9. The molecule has 0 amide bonds. The van der Waals surface area contributed by atoms with Crippen molar-refractivity contribution in [2.45, 2.75) is 39.5 Å². The molecule has 0 heterocycles. The van der Waals surface area contributed by atoms with Gasteiger partial charge in [-0.15, -0.1) is 0 Å². The van der Waals surface area contributed by atoms with Crippen molar-refractivity contribution in [2.75, 3.05) is 19.8 Å². The van der Waals surface area contributed by atoms with Crippen LogP contribution in [0.15, 0.2) is 18.2 Å². The first-order chi connectivity index (χ1) is 9.52. The van der Waals surface area contributed by atoms with Crippen molar-refractivity contribution < 1.29 is 19.0 Å². The topological polar surface area (TPSA) is 50.7 Å². The molecule has 0 bridgehead atoms. The molecule has 1 rings (SSSR count). The number of halogens is 1. The van der Waals surface area contributed by atoms with Crippen LogP contribution in [0.1, 0.15) is 26.3 Å². The van der Waals surface area contributed by atoms with Crippen molar-refractivity contribution in [1.29, 1.82) is 0 Å². The molecule has 5 heteroatoms. The van der Waals surface area contributed by atoms with Gasteiger partial charge in [-0.25, -0.2) is 4.39 Å². The average Bonchev–Trinajstić information content (AvgIpc) is 2.41. The molecule has 0 radical (unpaired) electrons. The molecule has 0 saturated heterocycles. The van der Waals surface area contributed by atoms with Gasteiger partial charge in [-0.05, 0) is 24.6 Å². The van der Waals surface area contributed by atoms with E-state index in [0.29, 0.717) is 19.2 Å². The molecule has 0 saturated carbocycles. The van der Waals surface area contributed by atoms with E-state index in [4.69, 9.17) is 9.47 Å². The molecule has 1 aromatic rings. The molecule has 0 aliphatic heterocycles. The molecule has 20 heavy (non-hydrogen) atoms. The molecule has 1 aromatic carbocycles. The van der Waals surface area contributed by atoms with E-state index >= 15 is 0 Å². The highest BCUT2D eigenvalue weighted by atomic mass is 19.1. The molecule has 1 unspecified atom stereocenters. The summed E-state index contributed by atoms with van der Waals surface area (Å²) in [5.41, 5.74) is 0.860. The summed E-state index contributed by atoms with van der Waals surface area (Å²) >= 11 is 0. The Bertz CT molecular complexity index is 399. The Balaban J connectivity index is 2.47. The van der Waals surface area contributed by atoms with Gasteiger partial charge in [0.2, 0.25) is 0 Å². The molecule has 2 N–H and O–H groups in total. The van der Waals surface area contributed by atoms with Crippen LogP contribution >= 0.6 is 0 Å². The molecule has 0 spiro atoms. The highest BCUT2D eigenvalue weighted by Gasteiger charge is 2.09. The van der Waals surface area contributed by atoms with Crippen molar-refractivity contribution in [3.8, 4) is 5.75 Å². The number of hydrogen-bond donors (Lipinski definition) is 2. The van der Waals surface area contributed by atoms with Crippen LogP contribution in [-0.2, 0) is 11.3 Å². The average molecular weight is 285 g/mol. The predicted octanol–water partition coefficient (Wildman–Crippen LogP) is 2.10. The quantitative estimate of drug-likeness (QED) is 0.729. The Morgan fingerprint density at radius 2 is 2.05 bits per heavy atom. The lowest BCUT2D eigenvalue weighted by atomic mass is 10.2. The van der Waals surface area contributed by atoms with Gasteiger partial charge in [-0.3, -0.25) is 0 Å². The van der Waals surface area contributed by atoms with Crippen molar-refractivity contribution in [3.05, 3.63) is 29.6 Å². The number of hydrogen-bond acceptors (Lipinski definition) is 4. The summed E-state index contributed by atoms with van der Waals surface area (Å²) in [6.45, 7) is 7.26. The fraction of sp³-hybridized carbons (Fsp3) is 0.600. The fourth-order valence-corrected chi connectivity index (χ4v) is 1.58. The highest BCUT2D eigenvalue weighted by Crippen LogP contribution is 2.18. The van der Waals surface area contributed by atoms with E-state index in [-0.39, 0.29) is 19.0 Å². The van der Waals surface area contributed by atoms with E-state index in [1.54, 1.807) is 6.07 Å². The molecule has 1 atom stereocenters. The predicted molar refractivity (Wildman–Crippen MR) is 76.4 cm³/mol. The molecule has 0 fully saturated rings. The minimum atomic E-state index is -0.753. The maximum Gasteiger partial charge on any atom is 0.165 e. The van der Waals surface area contributed by atoms with Crippen molar-refractivity contribution >= 4 is 0 Å². The number of aliphatic hydroxyl groups is 1. The van der Waals surface area contributed by atoms with E-state index in [1.165, 1.54) is 6.07 Å². The van der Waals surface area contributed by atoms with Gasteiger partial charge in [0.15, 0.2) is 11.6 Å². The summed E-state index contributed by atoms with van der Waals surface area (Å²) in [6.07, 6.45) is -0.753. The van der Waals surface area contributed by atoms with E-state index in [1.807, 2.05) is 26.8 Å². The molecule has 0 aliphatic rings. The zero-order valence-corrected chi connectivity index (χ0v) is 12.4. The van der Waals surface area contributed by atoms with Crippen molar-refractivity contribution in [3.63, 3.8) is 0 Å². The third kappa shape index (κ3) is 6.32. The molecule has 4 nitrogen and oxygen atoms in total. The maximum absolute atomic E-state index is 13.8. The lowest BCUT2D eigenvalue weighted by Crippen LogP contribution is -2.24. The second kappa shape index (κ2) is 8.89. The van der Waals surface area contributed by atoms with E-state index in [0.717, 1.165) is 5.56 Å². The van der Waals surface area contributed by atoms with Gasteiger partial charge in [-0.2, -0.15) is 0 Å². The van der Waals surface area contributed by atoms with Gasteiger partial charge < -0.3 is 19.9 Å². The SMILES string of the molecule is CCOCC(O)COc1ccc(CNC(C)C)cc1F. The van der Waals surface area contributed by atoms with Crippen LogP contribution in [-0.4, -0.2) is 37.1 Å². The zero-order chi connectivity index (χ0) is 15.0. The second-order valence-electron chi connectivity index (χ2n) is 4.92. The summed E-state index contributed by atoms with van der Waals surface area (Å²) in [7, 11) is 0. The Labute approximate surface area is 119 Å². The lowest BCUT2D eigenvalue weighted by molar-refractivity contribution is 0.0157. The van der Waals surface area contributed by atoms with Crippen molar-refractivity contribution in [1.82, 2.24) is 5.32 Å². The Morgan fingerprint density at radius 3 is 2.65 bits per heavy atom. The number of nitrogens with one attached hydrogen (secondary N) is 1. The van der Waals surface area contributed by atoms with Gasteiger partial charge in [0.05, 0.1) is 6.61 Å². The smallest absolute Gasteiger partial charge is 0.165 e. The van der Waals surface area contributed by atoms with Gasteiger partial charge in [0, 0.05) is 19.2 Å². The number of aliphatic hydroxyl groups excluding tert-OH is 1.